The Labute approximate surface area is 191 Å². The third-order valence-corrected chi connectivity index (χ3v) is 10.1. The van der Waals surface area contributed by atoms with Crippen molar-refractivity contribution in [1.82, 2.24) is 0 Å². The van der Waals surface area contributed by atoms with Crippen molar-refractivity contribution in [3.05, 3.63) is 35.9 Å². The third-order valence-electron chi connectivity index (χ3n) is 10.1. The molecule has 2 spiro atoms. The van der Waals surface area contributed by atoms with Crippen molar-refractivity contribution < 1.29 is 23.7 Å². The fourth-order valence-electron chi connectivity index (χ4n) is 8.35. The van der Waals surface area contributed by atoms with E-state index in [0.29, 0.717) is 31.5 Å². The molecule has 1 aromatic carbocycles. The molecule has 5 nitrogen and oxygen atoms in total. The number of cyclic esters (lactones) is 1. The molecule has 3 heterocycles. The minimum Gasteiger partial charge on any atom is -0.463 e. The monoisotopic (exact) mass is 440 g/mol. The molecule has 2 saturated carbocycles. The number of rotatable bonds is 1. The number of carbonyl (C=O) groups is 1. The van der Waals surface area contributed by atoms with Gasteiger partial charge in [0.15, 0.2) is 6.29 Å². The Kier molecular flexibility index (Phi) is 4.65. The number of carbonyl (C=O) groups excluding carboxylic acids is 1. The molecule has 6 rings (SSSR count). The molecular formula is C27H36O5. The maximum absolute atomic E-state index is 12.0. The summed E-state index contributed by atoms with van der Waals surface area (Å²) >= 11 is 0. The lowest BCUT2D eigenvalue weighted by Crippen LogP contribution is -2.67. The van der Waals surface area contributed by atoms with E-state index in [4.69, 9.17) is 18.9 Å². The molecule has 0 aromatic heterocycles. The van der Waals surface area contributed by atoms with Crippen LogP contribution in [-0.4, -0.2) is 36.5 Å². The molecule has 1 aromatic rings. The number of ether oxygens (including phenoxy) is 4. The van der Waals surface area contributed by atoms with Gasteiger partial charge in [0.05, 0.1) is 24.7 Å². The predicted octanol–water partition coefficient (Wildman–Crippen LogP) is 5.19. The second kappa shape index (κ2) is 7.04. The largest absolute Gasteiger partial charge is 0.463 e. The quantitative estimate of drug-likeness (QED) is 0.563. The van der Waals surface area contributed by atoms with Gasteiger partial charge in [-0.3, -0.25) is 4.79 Å². The van der Waals surface area contributed by atoms with Crippen molar-refractivity contribution in [2.24, 2.45) is 22.7 Å². The zero-order chi connectivity index (χ0) is 22.2. The lowest BCUT2D eigenvalue weighted by atomic mass is 9.43. The lowest BCUT2D eigenvalue weighted by molar-refractivity contribution is -0.331. The molecular weight excluding hydrogens is 404 g/mol. The fraction of sp³-hybridized carbons (Fsp3) is 0.741. The molecule has 0 unspecified atom stereocenters. The number of esters is 1. The van der Waals surface area contributed by atoms with Crippen LogP contribution in [0.2, 0.25) is 0 Å². The molecule has 5 aliphatic rings. The first kappa shape index (κ1) is 21.1. The van der Waals surface area contributed by atoms with E-state index in [-0.39, 0.29) is 34.8 Å². The second-order valence-corrected chi connectivity index (χ2v) is 11.7. The van der Waals surface area contributed by atoms with Crippen molar-refractivity contribution in [3.8, 4) is 0 Å². The molecule has 0 bridgehead atoms. The summed E-state index contributed by atoms with van der Waals surface area (Å²) in [7, 11) is 0. The van der Waals surface area contributed by atoms with Gasteiger partial charge in [-0.05, 0) is 50.4 Å². The highest BCUT2D eigenvalue weighted by molar-refractivity contribution is 5.73. The van der Waals surface area contributed by atoms with E-state index in [1.165, 1.54) is 6.42 Å². The van der Waals surface area contributed by atoms with E-state index in [1.54, 1.807) is 0 Å². The highest BCUT2D eigenvalue weighted by Gasteiger charge is 2.70. The molecule has 0 N–H and O–H groups in total. The van der Waals surface area contributed by atoms with Gasteiger partial charge in [-0.2, -0.15) is 0 Å². The Balaban J connectivity index is 1.30. The van der Waals surface area contributed by atoms with Gasteiger partial charge in [0, 0.05) is 16.4 Å². The standard InChI is InChI=1S/C27H36O5/c1-18-9-10-20-24(2)16-30-23(19-7-5-4-6-8-19)31-21(24)11-12-25(20,3)27(18)14-13-26(32-27)15-22(28)29-17-26/h4-8,18,20-21,23H,9-17H2,1-3H3/t18-,20+,21+,23-,24-,25-,26-,27-/m0/s1. The molecule has 5 fully saturated rings. The van der Waals surface area contributed by atoms with E-state index >= 15 is 0 Å². The van der Waals surface area contributed by atoms with E-state index in [2.05, 4.69) is 32.9 Å². The summed E-state index contributed by atoms with van der Waals surface area (Å²) in [5.41, 5.74) is 0.493. The minimum absolute atomic E-state index is 0.0352. The maximum Gasteiger partial charge on any atom is 0.308 e. The number of hydrogen-bond donors (Lipinski definition) is 0. The van der Waals surface area contributed by atoms with Gasteiger partial charge in [0.2, 0.25) is 0 Å². The first-order chi connectivity index (χ1) is 15.3. The van der Waals surface area contributed by atoms with Crippen LogP contribution < -0.4 is 0 Å². The number of hydrogen-bond acceptors (Lipinski definition) is 5. The molecule has 3 saturated heterocycles. The van der Waals surface area contributed by atoms with Crippen LogP contribution in [0.4, 0.5) is 0 Å². The molecule has 0 amide bonds. The van der Waals surface area contributed by atoms with Crippen LogP contribution in [0.3, 0.4) is 0 Å². The highest BCUT2D eigenvalue weighted by atomic mass is 16.7. The maximum atomic E-state index is 12.0. The predicted molar refractivity (Wildman–Crippen MR) is 119 cm³/mol. The summed E-state index contributed by atoms with van der Waals surface area (Å²) in [5, 5.41) is 0. The van der Waals surface area contributed by atoms with Crippen LogP contribution in [0.15, 0.2) is 30.3 Å². The van der Waals surface area contributed by atoms with Crippen LogP contribution in [-0.2, 0) is 23.7 Å². The molecule has 2 aliphatic carbocycles. The molecule has 0 radical (unpaired) electrons. The first-order valence-corrected chi connectivity index (χ1v) is 12.5. The van der Waals surface area contributed by atoms with Gasteiger partial charge in [-0.25, -0.2) is 0 Å². The molecule has 5 heteroatoms. The average molecular weight is 441 g/mol. The van der Waals surface area contributed by atoms with Gasteiger partial charge in [-0.1, -0.05) is 51.1 Å². The fourth-order valence-corrected chi connectivity index (χ4v) is 8.35. The Morgan fingerprint density at radius 1 is 0.969 bits per heavy atom. The van der Waals surface area contributed by atoms with Gasteiger partial charge in [-0.15, -0.1) is 0 Å². The van der Waals surface area contributed by atoms with E-state index in [1.807, 2.05) is 18.2 Å². The molecule has 174 valence electrons. The summed E-state index contributed by atoms with van der Waals surface area (Å²) in [6.07, 6.45) is 6.72. The van der Waals surface area contributed by atoms with Crippen molar-refractivity contribution in [2.75, 3.05) is 13.2 Å². The van der Waals surface area contributed by atoms with Crippen LogP contribution in [0.1, 0.15) is 77.6 Å². The topological polar surface area (TPSA) is 54.0 Å². The summed E-state index contributed by atoms with van der Waals surface area (Å²) in [4.78, 5) is 12.0. The van der Waals surface area contributed by atoms with Gasteiger partial charge in [0.1, 0.15) is 12.2 Å². The Morgan fingerprint density at radius 2 is 1.78 bits per heavy atom. The van der Waals surface area contributed by atoms with Gasteiger partial charge >= 0.3 is 5.97 Å². The highest BCUT2D eigenvalue weighted by Crippen LogP contribution is 2.69. The molecule has 3 aliphatic heterocycles. The van der Waals surface area contributed by atoms with Gasteiger partial charge < -0.3 is 18.9 Å². The normalized spacial score (nSPS) is 50.3. The first-order valence-electron chi connectivity index (χ1n) is 12.5. The van der Waals surface area contributed by atoms with E-state index in [0.717, 1.165) is 37.7 Å². The average Bonchev–Trinajstić information content (AvgIpc) is 3.35. The Bertz CT molecular complexity index is 903. The molecule has 8 atom stereocenters. The van der Waals surface area contributed by atoms with Crippen molar-refractivity contribution in [1.29, 1.82) is 0 Å². The number of fused-ring (bicyclic) bond motifs is 4. The van der Waals surface area contributed by atoms with E-state index < -0.39 is 5.60 Å². The van der Waals surface area contributed by atoms with Crippen molar-refractivity contribution in [2.45, 2.75) is 89.3 Å². The Morgan fingerprint density at radius 3 is 2.53 bits per heavy atom. The van der Waals surface area contributed by atoms with Crippen LogP contribution >= 0.6 is 0 Å². The smallest absolute Gasteiger partial charge is 0.308 e. The zero-order valence-electron chi connectivity index (χ0n) is 19.6. The lowest BCUT2D eigenvalue weighted by Gasteiger charge is -2.66. The summed E-state index contributed by atoms with van der Waals surface area (Å²) in [5.74, 6) is 0.834. The van der Waals surface area contributed by atoms with Crippen molar-refractivity contribution in [3.63, 3.8) is 0 Å². The second-order valence-electron chi connectivity index (χ2n) is 11.7. The van der Waals surface area contributed by atoms with Gasteiger partial charge in [0.25, 0.3) is 0 Å². The Hall–Kier alpha value is -1.43. The van der Waals surface area contributed by atoms with Crippen molar-refractivity contribution >= 4 is 5.97 Å². The molecule has 32 heavy (non-hydrogen) atoms. The third kappa shape index (κ3) is 2.77. The number of benzene rings is 1. The SMILES string of the molecule is C[C@H]1CC[C@@H]2[C@]3(C)CO[C@H](c4ccccc4)O[C@@H]3CC[C@]2(C)[C@]12CC[C@]1(COC(=O)C1)O2. The van der Waals surface area contributed by atoms with Crippen LogP contribution in [0, 0.1) is 22.7 Å². The summed E-state index contributed by atoms with van der Waals surface area (Å²) in [6, 6.07) is 10.3. The van der Waals surface area contributed by atoms with E-state index in [9.17, 15) is 4.79 Å². The van der Waals surface area contributed by atoms with Crippen LogP contribution in [0.5, 0.6) is 0 Å². The summed E-state index contributed by atoms with van der Waals surface area (Å²) in [6.45, 7) is 8.36. The van der Waals surface area contributed by atoms with Crippen LogP contribution in [0.25, 0.3) is 0 Å². The minimum atomic E-state index is -0.411. The summed E-state index contributed by atoms with van der Waals surface area (Å²) < 4.78 is 25.5. The zero-order valence-corrected chi connectivity index (χ0v) is 19.6.